The van der Waals surface area contributed by atoms with Crippen LogP contribution in [-0.4, -0.2) is 23.8 Å². The van der Waals surface area contributed by atoms with Crippen molar-refractivity contribution < 1.29 is 23.9 Å². The largest absolute Gasteiger partial charge is 0.421 e. The zero-order chi connectivity index (χ0) is 25.3. The SMILES string of the molecule is Cc1cccc(C(=O)Oc2c(Br)cc(Br)cc2/C=C2/C(=O)NC(=O)N(c3cccc(C)c3)C2=O)c1. The molecule has 0 bridgehead atoms. The maximum absolute atomic E-state index is 13.3. The normalized spacial score (nSPS) is 14.8. The Balaban J connectivity index is 1.76. The highest BCUT2D eigenvalue weighted by molar-refractivity contribution is 9.11. The van der Waals surface area contributed by atoms with Crippen molar-refractivity contribution in [2.24, 2.45) is 0 Å². The summed E-state index contributed by atoms with van der Waals surface area (Å²) >= 11 is 6.77. The van der Waals surface area contributed by atoms with Crippen LogP contribution < -0.4 is 15.0 Å². The van der Waals surface area contributed by atoms with E-state index in [9.17, 15) is 19.2 Å². The monoisotopic (exact) mass is 596 g/mol. The van der Waals surface area contributed by atoms with Crippen LogP contribution in [0.1, 0.15) is 27.0 Å². The van der Waals surface area contributed by atoms with Crippen LogP contribution in [0.2, 0.25) is 0 Å². The summed E-state index contributed by atoms with van der Waals surface area (Å²) < 4.78 is 6.70. The second-order valence-electron chi connectivity index (χ2n) is 7.86. The van der Waals surface area contributed by atoms with Gasteiger partial charge < -0.3 is 4.74 Å². The van der Waals surface area contributed by atoms with Crippen LogP contribution >= 0.6 is 31.9 Å². The molecule has 1 saturated heterocycles. The fraction of sp³-hybridized carbons (Fsp3) is 0.0769. The van der Waals surface area contributed by atoms with Crippen molar-refractivity contribution in [2.75, 3.05) is 4.90 Å². The van der Waals surface area contributed by atoms with Gasteiger partial charge in [0.1, 0.15) is 5.57 Å². The van der Waals surface area contributed by atoms with Crippen molar-refractivity contribution in [1.82, 2.24) is 5.32 Å². The molecule has 3 aromatic rings. The number of imide groups is 2. The van der Waals surface area contributed by atoms with E-state index in [1.807, 2.05) is 26.0 Å². The van der Waals surface area contributed by atoms with Crippen LogP contribution in [0.4, 0.5) is 10.5 Å². The summed E-state index contributed by atoms with van der Waals surface area (Å²) in [6.45, 7) is 3.68. The van der Waals surface area contributed by atoms with E-state index in [1.165, 1.54) is 6.08 Å². The average Bonchev–Trinajstić information content (AvgIpc) is 2.78. The summed E-state index contributed by atoms with van der Waals surface area (Å²) in [5.74, 6) is -2.13. The van der Waals surface area contributed by atoms with Gasteiger partial charge in [0, 0.05) is 10.0 Å². The summed E-state index contributed by atoms with van der Waals surface area (Å²) in [5.41, 5.74) is 2.40. The quantitative estimate of drug-likeness (QED) is 0.180. The number of aryl methyl sites for hydroxylation is 2. The number of carbonyl (C=O) groups is 4. The number of amides is 4. The van der Waals surface area contributed by atoms with Gasteiger partial charge in [-0.3, -0.25) is 14.9 Å². The molecule has 1 fully saturated rings. The maximum atomic E-state index is 13.3. The van der Waals surface area contributed by atoms with Gasteiger partial charge in [0.15, 0.2) is 5.75 Å². The lowest BCUT2D eigenvalue weighted by Gasteiger charge is -2.26. The maximum Gasteiger partial charge on any atom is 0.343 e. The molecule has 1 aliphatic rings. The highest BCUT2D eigenvalue weighted by Gasteiger charge is 2.37. The van der Waals surface area contributed by atoms with Crippen LogP contribution in [-0.2, 0) is 9.59 Å². The predicted octanol–water partition coefficient (Wildman–Crippen LogP) is 5.71. The molecule has 1 aliphatic heterocycles. The second kappa shape index (κ2) is 9.97. The Morgan fingerprint density at radius 3 is 2.31 bits per heavy atom. The molecule has 35 heavy (non-hydrogen) atoms. The zero-order valence-corrected chi connectivity index (χ0v) is 21.8. The summed E-state index contributed by atoms with van der Waals surface area (Å²) in [7, 11) is 0. The molecule has 176 valence electrons. The van der Waals surface area contributed by atoms with Crippen molar-refractivity contribution in [3.63, 3.8) is 0 Å². The first-order valence-electron chi connectivity index (χ1n) is 10.4. The van der Waals surface area contributed by atoms with Gasteiger partial charge in [-0.25, -0.2) is 14.5 Å². The Morgan fingerprint density at radius 2 is 1.63 bits per heavy atom. The molecule has 0 unspecified atom stereocenters. The topological polar surface area (TPSA) is 92.8 Å². The Bertz CT molecular complexity index is 1430. The van der Waals surface area contributed by atoms with Crippen LogP contribution in [0, 0.1) is 13.8 Å². The van der Waals surface area contributed by atoms with E-state index in [0.29, 0.717) is 20.2 Å². The van der Waals surface area contributed by atoms with Gasteiger partial charge in [0.05, 0.1) is 15.7 Å². The van der Waals surface area contributed by atoms with E-state index >= 15 is 0 Å². The third-order valence-corrected chi connectivity index (χ3v) is 6.19. The van der Waals surface area contributed by atoms with Crippen LogP contribution in [0.15, 0.2) is 75.2 Å². The molecular formula is C26H18Br2N2O5. The fourth-order valence-corrected chi connectivity index (χ4v) is 4.87. The number of halogens is 2. The van der Waals surface area contributed by atoms with Crippen molar-refractivity contribution in [3.8, 4) is 5.75 Å². The smallest absolute Gasteiger partial charge is 0.343 e. The fourth-order valence-electron chi connectivity index (χ4n) is 3.53. The van der Waals surface area contributed by atoms with Gasteiger partial charge in [-0.2, -0.15) is 0 Å². The van der Waals surface area contributed by atoms with Gasteiger partial charge >= 0.3 is 12.0 Å². The van der Waals surface area contributed by atoms with E-state index in [-0.39, 0.29) is 16.9 Å². The number of hydrogen-bond donors (Lipinski definition) is 1. The third kappa shape index (κ3) is 5.26. The molecule has 0 atom stereocenters. The molecule has 0 saturated carbocycles. The number of nitrogens with one attached hydrogen (secondary N) is 1. The number of barbiturate groups is 1. The number of carbonyl (C=O) groups excluding carboxylic acids is 4. The number of rotatable bonds is 4. The van der Waals surface area contributed by atoms with Crippen molar-refractivity contribution in [3.05, 3.63) is 97.4 Å². The summed E-state index contributed by atoms with van der Waals surface area (Å²) in [4.78, 5) is 52.1. The molecule has 4 rings (SSSR count). The van der Waals surface area contributed by atoms with Gasteiger partial charge in [-0.1, -0.05) is 45.8 Å². The lowest BCUT2D eigenvalue weighted by molar-refractivity contribution is -0.122. The molecule has 4 amide bonds. The Kier molecular flexibility index (Phi) is 7.00. The standard InChI is InChI=1S/C26H18Br2N2O5/c1-14-5-3-7-16(9-14)25(33)35-22-17(11-18(27)13-21(22)28)12-20-23(31)29-26(34)30(24(20)32)19-8-4-6-15(2)10-19/h3-13H,1-2H3,(H,29,31,34)/b20-12-. The highest BCUT2D eigenvalue weighted by Crippen LogP contribution is 2.35. The van der Waals surface area contributed by atoms with E-state index in [1.54, 1.807) is 48.5 Å². The Hall–Kier alpha value is -3.56. The minimum atomic E-state index is -0.851. The minimum Gasteiger partial charge on any atom is -0.421 e. The summed E-state index contributed by atoms with van der Waals surface area (Å²) in [5, 5.41) is 2.20. The van der Waals surface area contributed by atoms with Crippen LogP contribution in [0.5, 0.6) is 5.75 Å². The lowest BCUT2D eigenvalue weighted by atomic mass is 10.1. The molecule has 0 spiro atoms. The molecule has 1 heterocycles. The molecule has 1 N–H and O–H groups in total. The number of nitrogens with zero attached hydrogens (tertiary/aromatic N) is 1. The summed E-state index contributed by atoms with van der Waals surface area (Å²) in [6.07, 6.45) is 1.29. The van der Waals surface area contributed by atoms with Crippen LogP contribution in [0.3, 0.4) is 0 Å². The van der Waals surface area contributed by atoms with E-state index in [0.717, 1.165) is 16.0 Å². The van der Waals surface area contributed by atoms with E-state index in [2.05, 4.69) is 37.2 Å². The van der Waals surface area contributed by atoms with Gasteiger partial charge in [0.25, 0.3) is 11.8 Å². The van der Waals surface area contributed by atoms with E-state index in [4.69, 9.17) is 4.74 Å². The number of hydrogen-bond acceptors (Lipinski definition) is 5. The molecule has 3 aromatic carbocycles. The predicted molar refractivity (Wildman–Crippen MR) is 138 cm³/mol. The molecule has 9 heteroatoms. The van der Waals surface area contributed by atoms with Crippen molar-refractivity contribution in [1.29, 1.82) is 0 Å². The number of benzene rings is 3. The summed E-state index contributed by atoms with van der Waals surface area (Å²) in [6, 6.07) is 16.1. The first-order chi connectivity index (χ1) is 16.6. The van der Waals surface area contributed by atoms with Gasteiger partial charge in [-0.15, -0.1) is 0 Å². The number of ether oxygens (including phenoxy) is 1. The third-order valence-electron chi connectivity index (χ3n) is 5.15. The number of esters is 1. The molecule has 0 radical (unpaired) electrons. The average molecular weight is 598 g/mol. The Morgan fingerprint density at radius 1 is 0.943 bits per heavy atom. The number of anilines is 1. The van der Waals surface area contributed by atoms with Crippen molar-refractivity contribution in [2.45, 2.75) is 13.8 Å². The second-order valence-corrected chi connectivity index (χ2v) is 9.63. The van der Waals surface area contributed by atoms with E-state index < -0.39 is 23.8 Å². The molecule has 0 aliphatic carbocycles. The zero-order valence-electron chi connectivity index (χ0n) is 18.6. The van der Waals surface area contributed by atoms with Crippen LogP contribution in [0.25, 0.3) is 6.08 Å². The number of urea groups is 1. The molecule has 7 nitrogen and oxygen atoms in total. The Labute approximate surface area is 218 Å². The first-order valence-corrected chi connectivity index (χ1v) is 12.0. The van der Waals surface area contributed by atoms with Gasteiger partial charge in [0.2, 0.25) is 0 Å². The molecule has 0 aromatic heterocycles. The lowest BCUT2D eigenvalue weighted by Crippen LogP contribution is -2.54. The van der Waals surface area contributed by atoms with Gasteiger partial charge in [-0.05, 0) is 77.8 Å². The van der Waals surface area contributed by atoms with Crippen molar-refractivity contribution >= 4 is 67.4 Å². The minimum absolute atomic E-state index is 0.117. The molecular weight excluding hydrogens is 580 g/mol. The highest BCUT2D eigenvalue weighted by atomic mass is 79.9. The first kappa shape index (κ1) is 24.6.